The van der Waals surface area contributed by atoms with E-state index in [0.29, 0.717) is 0 Å². The first-order valence-corrected chi connectivity index (χ1v) is 6.51. The molecule has 5 heteroatoms. The van der Waals surface area contributed by atoms with Crippen LogP contribution in [0.4, 0.5) is 0 Å². The number of halogens is 2. The largest absolute Gasteiger partial charge is 0.223 e. The van der Waals surface area contributed by atoms with Crippen molar-refractivity contribution in [3.8, 4) is 0 Å². The Bertz CT molecular complexity index is 464. The maximum Gasteiger partial charge on any atom is 0.182 e. The number of benzene rings is 1. The second-order valence-electron chi connectivity index (χ2n) is 3.30. The van der Waals surface area contributed by atoms with Crippen molar-refractivity contribution in [2.45, 2.75) is 23.0 Å². The average molecular weight is 251 g/mol. The van der Waals surface area contributed by atoms with Crippen LogP contribution in [-0.4, -0.2) is 13.7 Å². The van der Waals surface area contributed by atoms with Crippen LogP contribution in [-0.2, 0) is 9.84 Å². The van der Waals surface area contributed by atoms with E-state index in [2.05, 4.69) is 0 Å². The van der Waals surface area contributed by atoms with Gasteiger partial charge in [-0.15, -0.1) is 0 Å². The lowest BCUT2D eigenvalue weighted by Gasteiger charge is -2.05. The fraction of sp³-hybridized carbons (Fsp3) is 0.333. The molecule has 0 unspecified atom stereocenters. The van der Waals surface area contributed by atoms with Crippen molar-refractivity contribution in [2.24, 2.45) is 0 Å². The van der Waals surface area contributed by atoms with Gasteiger partial charge in [0.05, 0.1) is 20.2 Å². The smallest absolute Gasteiger partial charge is 0.182 e. The highest BCUT2D eigenvalue weighted by molar-refractivity contribution is 7.92. The normalized spacial score (nSPS) is 17.0. The molecule has 0 aromatic heterocycles. The first-order valence-electron chi connectivity index (χ1n) is 4.21. The molecule has 1 aromatic carbocycles. The number of sulfone groups is 1. The standard InChI is InChI=1S/C9H8Cl2O2S/c10-7-2-1-3-8(9(7)11)14(12,13)6-4-5-6/h1-3,6H,4-5H2. The molecule has 1 aliphatic rings. The molecule has 0 atom stereocenters. The second-order valence-corrected chi connectivity index (χ2v) is 6.28. The summed E-state index contributed by atoms with van der Waals surface area (Å²) in [4.78, 5) is 0.161. The summed E-state index contributed by atoms with van der Waals surface area (Å²) in [6.07, 6.45) is 1.45. The van der Waals surface area contributed by atoms with Crippen LogP contribution in [0.2, 0.25) is 10.0 Å². The van der Waals surface area contributed by atoms with Crippen molar-refractivity contribution in [3.63, 3.8) is 0 Å². The minimum Gasteiger partial charge on any atom is -0.223 e. The van der Waals surface area contributed by atoms with Crippen molar-refractivity contribution in [3.05, 3.63) is 28.2 Å². The summed E-state index contributed by atoms with van der Waals surface area (Å²) in [6.45, 7) is 0. The summed E-state index contributed by atoms with van der Waals surface area (Å²) < 4.78 is 23.6. The molecule has 0 radical (unpaired) electrons. The van der Waals surface area contributed by atoms with E-state index in [1.165, 1.54) is 6.07 Å². The minimum atomic E-state index is -3.24. The summed E-state index contributed by atoms with van der Waals surface area (Å²) >= 11 is 11.6. The minimum absolute atomic E-state index is 0.140. The van der Waals surface area contributed by atoms with Gasteiger partial charge in [-0.1, -0.05) is 29.3 Å². The molecule has 1 saturated carbocycles. The Labute approximate surface area is 92.8 Å². The maximum absolute atomic E-state index is 11.8. The SMILES string of the molecule is O=S(=O)(c1cccc(Cl)c1Cl)C1CC1. The first-order chi connectivity index (χ1) is 6.53. The molecule has 0 spiro atoms. The molecule has 1 aliphatic carbocycles. The molecular formula is C9H8Cl2O2S. The third-order valence-electron chi connectivity index (χ3n) is 2.19. The molecular weight excluding hydrogens is 243 g/mol. The third-order valence-corrected chi connectivity index (χ3v) is 5.42. The fourth-order valence-corrected chi connectivity index (χ4v) is 3.68. The van der Waals surface area contributed by atoms with Crippen LogP contribution >= 0.6 is 23.2 Å². The molecule has 2 rings (SSSR count). The summed E-state index contributed by atoms with van der Waals surface area (Å²) in [5, 5.41) is 0.174. The molecule has 14 heavy (non-hydrogen) atoms. The molecule has 76 valence electrons. The second kappa shape index (κ2) is 3.40. The third kappa shape index (κ3) is 1.64. The Morgan fingerprint density at radius 2 is 1.86 bits per heavy atom. The van der Waals surface area contributed by atoms with Crippen LogP contribution in [0.1, 0.15) is 12.8 Å². The number of rotatable bonds is 2. The van der Waals surface area contributed by atoms with E-state index in [4.69, 9.17) is 23.2 Å². The number of hydrogen-bond donors (Lipinski definition) is 0. The first kappa shape index (κ1) is 10.3. The molecule has 0 aliphatic heterocycles. The molecule has 2 nitrogen and oxygen atoms in total. The lowest BCUT2D eigenvalue weighted by molar-refractivity contribution is 0.595. The molecule has 1 fully saturated rings. The quantitative estimate of drug-likeness (QED) is 0.809. The van der Waals surface area contributed by atoms with Crippen molar-refractivity contribution in [1.29, 1.82) is 0 Å². The molecule has 1 aromatic rings. The average Bonchev–Trinajstić information content (AvgIpc) is 2.92. The molecule has 0 N–H and O–H groups in total. The predicted molar refractivity (Wildman–Crippen MR) is 56.7 cm³/mol. The Morgan fingerprint density at radius 3 is 2.43 bits per heavy atom. The zero-order valence-corrected chi connectivity index (χ0v) is 9.53. The summed E-state index contributed by atoms with van der Waals surface area (Å²) in [7, 11) is -3.24. The summed E-state index contributed by atoms with van der Waals surface area (Å²) in [5.74, 6) is 0. The van der Waals surface area contributed by atoms with Crippen molar-refractivity contribution in [2.75, 3.05) is 0 Å². The molecule has 0 bridgehead atoms. The lowest BCUT2D eigenvalue weighted by Crippen LogP contribution is -2.07. The highest BCUT2D eigenvalue weighted by Crippen LogP contribution is 2.38. The Kier molecular flexibility index (Phi) is 2.50. The van der Waals surface area contributed by atoms with Crippen molar-refractivity contribution in [1.82, 2.24) is 0 Å². The van der Waals surface area contributed by atoms with E-state index >= 15 is 0 Å². The van der Waals surface area contributed by atoms with Crippen molar-refractivity contribution >= 4 is 33.0 Å². The van der Waals surface area contributed by atoms with E-state index in [-0.39, 0.29) is 20.2 Å². The lowest BCUT2D eigenvalue weighted by atomic mass is 10.4. The molecule has 0 amide bonds. The van der Waals surface area contributed by atoms with Gasteiger partial charge in [-0.05, 0) is 25.0 Å². The van der Waals surface area contributed by atoms with Crippen LogP contribution < -0.4 is 0 Å². The van der Waals surface area contributed by atoms with Crippen LogP contribution in [0.3, 0.4) is 0 Å². The monoisotopic (exact) mass is 250 g/mol. The van der Waals surface area contributed by atoms with Gasteiger partial charge in [-0.3, -0.25) is 0 Å². The van der Waals surface area contributed by atoms with Crippen LogP contribution in [0.5, 0.6) is 0 Å². The summed E-state index contributed by atoms with van der Waals surface area (Å²) in [6, 6.07) is 4.68. The topological polar surface area (TPSA) is 34.1 Å². The van der Waals surface area contributed by atoms with E-state index in [9.17, 15) is 8.42 Å². The van der Waals surface area contributed by atoms with Gasteiger partial charge in [0, 0.05) is 0 Å². The van der Waals surface area contributed by atoms with Crippen LogP contribution in [0.15, 0.2) is 23.1 Å². The Morgan fingerprint density at radius 1 is 1.21 bits per heavy atom. The molecule has 0 saturated heterocycles. The maximum atomic E-state index is 11.8. The van der Waals surface area contributed by atoms with E-state index in [1.807, 2.05) is 0 Å². The van der Waals surface area contributed by atoms with Gasteiger partial charge in [0.2, 0.25) is 0 Å². The van der Waals surface area contributed by atoms with Gasteiger partial charge < -0.3 is 0 Å². The van der Waals surface area contributed by atoms with Crippen LogP contribution in [0.25, 0.3) is 0 Å². The molecule has 0 heterocycles. The van der Waals surface area contributed by atoms with E-state index in [0.717, 1.165) is 12.8 Å². The highest BCUT2D eigenvalue weighted by Gasteiger charge is 2.38. The summed E-state index contributed by atoms with van der Waals surface area (Å²) in [5.41, 5.74) is 0. The highest BCUT2D eigenvalue weighted by atomic mass is 35.5. The van der Waals surface area contributed by atoms with E-state index < -0.39 is 9.84 Å². The van der Waals surface area contributed by atoms with Crippen LogP contribution in [0, 0.1) is 0 Å². The van der Waals surface area contributed by atoms with Gasteiger partial charge in [0.25, 0.3) is 0 Å². The van der Waals surface area contributed by atoms with E-state index in [1.54, 1.807) is 12.1 Å². The van der Waals surface area contributed by atoms with Gasteiger partial charge in [-0.2, -0.15) is 0 Å². The van der Waals surface area contributed by atoms with Gasteiger partial charge in [0.15, 0.2) is 9.84 Å². The van der Waals surface area contributed by atoms with Gasteiger partial charge in [-0.25, -0.2) is 8.42 Å². The van der Waals surface area contributed by atoms with Gasteiger partial charge in [0.1, 0.15) is 0 Å². The van der Waals surface area contributed by atoms with Gasteiger partial charge >= 0.3 is 0 Å². The fourth-order valence-electron chi connectivity index (χ4n) is 1.26. The Balaban J connectivity index is 2.56. The Hall–Kier alpha value is -0.250. The van der Waals surface area contributed by atoms with Crippen molar-refractivity contribution < 1.29 is 8.42 Å². The zero-order chi connectivity index (χ0) is 10.3. The predicted octanol–water partition coefficient (Wildman–Crippen LogP) is 2.93. The zero-order valence-electron chi connectivity index (χ0n) is 7.20. The number of hydrogen-bond acceptors (Lipinski definition) is 2.